The second-order valence-electron chi connectivity index (χ2n) is 8.94. The Bertz CT molecular complexity index is 1380. The minimum Gasteiger partial charge on any atom is -0.478 e. The Labute approximate surface area is 213 Å². The summed E-state index contributed by atoms with van der Waals surface area (Å²) in [5.41, 5.74) is 13.5. The number of para-hydroxylation sites is 4. The second-order valence-corrected chi connectivity index (χ2v) is 8.94. The van der Waals surface area contributed by atoms with Gasteiger partial charge in [-0.1, -0.05) is 50.2 Å². The Morgan fingerprint density at radius 2 is 1.00 bits per heavy atom. The van der Waals surface area contributed by atoms with Gasteiger partial charge in [0.05, 0.1) is 11.4 Å². The number of hydrogen-bond acceptors (Lipinski definition) is 6. The lowest BCUT2D eigenvalue weighted by molar-refractivity contribution is 0.0683. The molecule has 188 valence electrons. The van der Waals surface area contributed by atoms with Crippen LogP contribution in [0.3, 0.4) is 0 Å². The predicted octanol–water partition coefficient (Wildman–Crippen LogP) is 6.16. The molecule has 0 aliphatic heterocycles. The molecule has 4 aromatic carbocycles. The average molecular weight is 499 g/mol. The lowest BCUT2D eigenvalue weighted by Gasteiger charge is -2.28. The number of carbonyl (C=O) groups is 2. The van der Waals surface area contributed by atoms with Crippen LogP contribution in [0.15, 0.2) is 84.9 Å². The highest BCUT2D eigenvalue weighted by atomic mass is 16.5. The van der Waals surface area contributed by atoms with E-state index in [1.807, 2.05) is 13.8 Å². The Morgan fingerprint density at radius 1 is 0.622 bits per heavy atom. The first-order valence-electron chi connectivity index (χ1n) is 11.4. The van der Waals surface area contributed by atoms with E-state index in [4.69, 9.17) is 20.9 Å². The minimum atomic E-state index is -1.14. The maximum absolute atomic E-state index is 11.9. The fourth-order valence-corrected chi connectivity index (χ4v) is 3.89. The van der Waals surface area contributed by atoms with Crippen LogP contribution in [0, 0.1) is 0 Å². The normalized spacial score (nSPS) is 11.1. The van der Waals surface area contributed by atoms with E-state index in [1.54, 1.807) is 72.8 Å². The van der Waals surface area contributed by atoms with E-state index in [-0.39, 0.29) is 22.6 Å². The van der Waals surface area contributed by atoms with Crippen LogP contribution in [0.5, 0.6) is 23.0 Å². The standard InChI is InChI=1S/C29H26N2O6/c1-29(2,17-11-13-19(27(32)33)25(15-17)36-23-9-5-3-7-21(23)30)18-12-14-20(28(34)35)26(16-18)37-24-10-6-4-8-22(24)31/h3-16H,30-31H2,1-2H3,(H,32,33)(H,34,35). The average Bonchev–Trinajstić information content (AvgIpc) is 2.86. The Hall–Kier alpha value is -4.98. The van der Waals surface area contributed by atoms with Crippen LogP contribution >= 0.6 is 0 Å². The molecule has 4 aromatic rings. The summed E-state index contributed by atoms with van der Waals surface area (Å²) in [7, 11) is 0. The summed E-state index contributed by atoms with van der Waals surface area (Å²) in [4.78, 5) is 23.8. The van der Waals surface area contributed by atoms with Gasteiger partial charge >= 0.3 is 11.9 Å². The van der Waals surface area contributed by atoms with Crippen LogP contribution < -0.4 is 20.9 Å². The van der Waals surface area contributed by atoms with Crippen LogP contribution in [0.2, 0.25) is 0 Å². The van der Waals surface area contributed by atoms with Gasteiger partial charge in [-0.2, -0.15) is 0 Å². The number of carboxylic acids is 2. The molecule has 4 rings (SSSR count). The fraction of sp³-hybridized carbons (Fsp3) is 0.103. The zero-order valence-electron chi connectivity index (χ0n) is 20.3. The van der Waals surface area contributed by atoms with Gasteiger partial charge in [-0.15, -0.1) is 0 Å². The summed E-state index contributed by atoms with van der Waals surface area (Å²) in [6.45, 7) is 3.86. The zero-order valence-corrected chi connectivity index (χ0v) is 20.3. The smallest absolute Gasteiger partial charge is 0.339 e. The van der Waals surface area contributed by atoms with E-state index >= 15 is 0 Å². The molecule has 0 aliphatic rings. The van der Waals surface area contributed by atoms with Crippen LogP contribution in [0.25, 0.3) is 0 Å². The van der Waals surface area contributed by atoms with Gasteiger partial charge in [0.1, 0.15) is 34.1 Å². The van der Waals surface area contributed by atoms with Crippen molar-refractivity contribution in [2.45, 2.75) is 19.3 Å². The van der Waals surface area contributed by atoms with Crippen LogP contribution in [-0.2, 0) is 5.41 Å². The number of aromatic carboxylic acids is 2. The van der Waals surface area contributed by atoms with Gasteiger partial charge in [0.25, 0.3) is 0 Å². The lowest BCUT2D eigenvalue weighted by Crippen LogP contribution is -2.20. The van der Waals surface area contributed by atoms with E-state index in [0.717, 1.165) is 11.1 Å². The van der Waals surface area contributed by atoms with E-state index in [0.29, 0.717) is 22.9 Å². The van der Waals surface area contributed by atoms with Crippen molar-refractivity contribution in [3.05, 3.63) is 107 Å². The van der Waals surface area contributed by atoms with Gasteiger partial charge in [-0.25, -0.2) is 9.59 Å². The molecule has 0 bridgehead atoms. The van der Waals surface area contributed by atoms with Crippen LogP contribution in [0.4, 0.5) is 11.4 Å². The molecule has 37 heavy (non-hydrogen) atoms. The summed E-state index contributed by atoms with van der Waals surface area (Å²) in [5.74, 6) is -1.35. The Kier molecular flexibility index (Phi) is 6.75. The molecule has 0 aromatic heterocycles. The number of hydrogen-bond donors (Lipinski definition) is 4. The lowest BCUT2D eigenvalue weighted by atomic mass is 9.77. The van der Waals surface area contributed by atoms with Gasteiger partial charge in [0.15, 0.2) is 0 Å². The van der Waals surface area contributed by atoms with Crippen molar-refractivity contribution in [1.29, 1.82) is 0 Å². The van der Waals surface area contributed by atoms with E-state index < -0.39 is 17.4 Å². The molecule has 0 atom stereocenters. The zero-order chi connectivity index (χ0) is 26.7. The highest BCUT2D eigenvalue weighted by Gasteiger charge is 2.28. The topological polar surface area (TPSA) is 145 Å². The molecule has 8 nitrogen and oxygen atoms in total. The maximum atomic E-state index is 11.9. The third-order valence-corrected chi connectivity index (χ3v) is 6.15. The summed E-state index contributed by atoms with van der Waals surface area (Å²) in [6.07, 6.45) is 0. The Morgan fingerprint density at radius 3 is 1.35 bits per heavy atom. The summed E-state index contributed by atoms with van der Waals surface area (Å²) >= 11 is 0. The van der Waals surface area contributed by atoms with Gasteiger partial charge in [-0.3, -0.25) is 0 Å². The fourth-order valence-electron chi connectivity index (χ4n) is 3.89. The van der Waals surface area contributed by atoms with Crippen molar-refractivity contribution < 1.29 is 29.3 Å². The van der Waals surface area contributed by atoms with E-state index in [9.17, 15) is 19.8 Å². The third-order valence-electron chi connectivity index (χ3n) is 6.15. The highest BCUT2D eigenvalue weighted by molar-refractivity contribution is 5.92. The molecule has 6 N–H and O–H groups in total. The molecule has 0 saturated carbocycles. The van der Waals surface area contributed by atoms with Crippen molar-refractivity contribution in [3.8, 4) is 23.0 Å². The third kappa shape index (κ3) is 5.18. The molecule has 0 amide bonds. The van der Waals surface area contributed by atoms with Crippen molar-refractivity contribution in [2.75, 3.05) is 11.5 Å². The molecule has 0 aliphatic carbocycles. The van der Waals surface area contributed by atoms with Gasteiger partial charge < -0.3 is 31.2 Å². The van der Waals surface area contributed by atoms with Crippen molar-refractivity contribution in [2.24, 2.45) is 0 Å². The van der Waals surface area contributed by atoms with Gasteiger partial charge in [0, 0.05) is 5.41 Å². The number of anilines is 2. The molecular weight excluding hydrogens is 472 g/mol. The minimum absolute atomic E-state index is 0.0207. The molecule has 0 heterocycles. The number of rotatable bonds is 8. The number of carboxylic acid groups (broad SMARTS) is 2. The largest absolute Gasteiger partial charge is 0.478 e. The SMILES string of the molecule is CC(C)(c1ccc(C(=O)O)c(Oc2ccccc2N)c1)c1ccc(C(=O)O)c(Oc2ccccc2N)c1. The molecule has 0 radical (unpaired) electrons. The number of benzene rings is 4. The quantitative estimate of drug-likeness (QED) is 0.211. The molecule has 8 heteroatoms. The second kappa shape index (κ2) is 9.94. The van der Waals surface area contributed by atoms with Crippen LogP contribution in [0.1, 0.15) is 45.7 Å². The number of nitrogens with two attached hydrogens (primary N) is 2. The van der Waals surface area contributed by atoms with Crippen molar-refractivity contribution in [3.63, 3.8) is 0 Å². The monoisotopic (exact) mass is 498 g/mol. The first-order chi connectivity index (χ1) is 17.6. The van der Waals surface area contributed by atoms with E-state index in [1.165, 1.54) is 12.1 Å². The van der Waals surface area contributed by atoms with Gasteiger partial charge in [0.2, 0.25) is 0 Å². The predicted molar refractivity (Wildman–Crippen MR) is 141 cm³/mol. The van der Waals surface area contributed by atoms with Crippen molar-refractivity contribution >= 4 is 23.3 Å². The van der Waals surface area contributed by atoms with E-state index in [2.05, 4.69) is 0 Å². The van der Waals surface area contributed by atoms with Crippen molar-refractivity contribution in [1.82, 2.24) is 0 Å². The summed E-state index contributed by atoms with van der Waals surface area (Å²) < 4.78 is 11.8. The molecular formula is C29H26N2O6. The molecule has 0 fully saturated rings. The maximum Gasteiger partial charge on any atom is 0.339 e. The molecule has 0 saturated heterocycles. The Balaban J connectivity index is 1.78. The first-order valence-corrected chi connectivity index (χ1v) is 11.4. The summed E-state index contributed by atoms with van der Waals surface area (Å²) in [5, 5.41) is 19.4. The number of nitrogen functional groups attached to an aromatic ring is 2. The van der Waals surface area contributed by atoms with Crippen LogP contribution in [-0.4, -0.2) is 22.2 Å². The number of ether oxygens (including phenoxy) is 2. The highest BCUT2D eigenvalue weighted by Crippen LogP contribution is 2.40. The van der Waals surface area contributed by atoms with Gasteiger partial charge in [-0.05, 0) is 59.7 Å². The molecule has 0 spiro atoms. The first kappa shape index (κ1) is 25.1. The molecule has 0 unspecified atom stereocenters. The summed E-state index contributed by atoms with van der Waals surface area (Å²) in [6, 6.07) is 23.3.